The van der Waals surface area contributed by atoms with Crippen LogP contribution in [-0.4, -0.2) is 23.1 Å². The molecule has 0 bridgehead atoms. The molecule has 0 radical (unpaired) electrons. The molecule has 0 fully saturated rings. The molecule has 0 unspecified atom stereocenters. The normalized spacial score (nSPS) is 12.6. The van der Waals surface area contributed by atoms with Gasteiger partial charge in [-0.2, -0.15) is 0 Å². The summed E-state index contributed by atoms with van der Waals surface area (Å²) in [7, 11) is 1.46. The topological polar surface area (TPSA) is 71.5 Å². The van der Waals surface area contributed by atoms with Crippen molar-refractivity contribution in [2.75, 3.05) is 7.11 Å². The molecule has 29 heavy (non-hydrogen) atoms. The maximum Gasteiger partial charge on any atom is 0.251 e. The summed E-state index contributed by atoms with van der Waals surface area (Å²) in [5, 5.41) is 14.0. The molecule has 0 aliphatic rings. The average molecular weight is 413 g/mol. The number of phenolic OH excluding ortho intramolecular Hbond substituents is 1. The number of fused-ring (bicyclic) bond motifs is 1. The van der Waals surface area contributed by atoms with Crippen LogP contribution in [0.2, 0.25) is 5.02 Å². The van der Waals surface area contributed by atoms with E-state index >= 15 is 0 Å². The van der Waals surface area contributed by atoms with E-state index in [1.54, 1.807) is 12.1 Å². The Hall–Kier alpha value is -2.79. The number of ether oxygens (including phenoxy) is 1. The zero-order chi connectivity index (χ0) is 21.3. The molecule has 2 N–H and O–H groups in total. The third kappa shape index (κ3) is 4.46. The number of carbonyl (C=O) groups is 1. The first-order valence-corrected chi connectivity index (χ1v) is 9.76. The molecule has 1 atom stereocenters. The molecule has 3 aromatic rings. The van der Waals surface area contributed by atoms with Crippen LogP contribution < -0.4 is 10.1 Å². The molecule has 1 aromatic heterocycles. The molecule has 2 aromatic carbocycles. The summed E-state index contributed by atoms with van der Waals surface area (Å²) in [6.45, 7) is 8.18. The van der Waals surface area contributed by atoms with Crippen molar-refractivity contribution in [1.82, 2.24) is 10.3 Å². The maximum atomic E-state index is 12.8. The first-order chi connectivity index (χ1) is 13.6. The van der Waals surface area contributed by atoms with E-state index in [0.717, 1.165) is 16.6 Å². The molecule has 5 nitrogen and oxygen atoms in total. The fourth-order valence-electron chi connectivity index (χ4n) is 3.10. The zero-order valence-electron chi connectivity index (χ0n) is 17.2. The first-order valence-electron chi connectivity index (χ1n) is 9.38. The Morgan fingerprint density at radius 2 is 1.90 bits per heavy atom. The van der Waals surface area contributed by atoms with E-state index in [4.69, 9.17) is 21.3 Å². The van der Waals surface area contributed by atoms with Crippen LogP contribution in [-0.2, 0) is 5.41 Å². The third-order valence-corrected chi connectivity index (χ3v) is 5.16. The Labute approximate surface area is 175 Å². The number of hydrogen-bond acceptors (Lipinski definition) is 4. The van der Waals surface area contributed by atoms with Gasteiger partial charge in [0.1, 0.15) is 0 Å². The molecule has 0 aliphatic carbocycles. The number of carbonyl (C=O) groups excluding carboxylic acids is 1. The minimum atomic E-state index is -0.374. The number of phenols is 1. The lowest BCUT2D eigenvalue weighted by atomic mass is 9.91. The van der Waals surface area contributed by atoms with Crippen LogP contribution in [0.4, 0.5) is 0 Å². The lowest BCUT2D eigenvalue weighted by Crippen LogP contribution is -2.26. The number of amides is 1. The SMILES string of the molecule is COc1cc([C@@H](C)NC(=O)c2ccc3nc(C(C)(C)C)ccc3c2)c(Cl)cc1O. The lowest BCUT2D eigenvalue weighted by molar-refractivity contribution is 0.0940. The van der Waals surface area contributed by atoms with E-state index in [2.05, 4.69) is 26.1 Å². The monoisotopic (exact) mass is 412 g/mol. The largest absolute Gasteiger partial charge is 0.504 e. The number of aromatic nitrogens is 1. The zero-order valence-corrected chi connectivity index (χ0v) is 18.0. The van der Waals surface area contributed by atoms with Crippen LogP contribution >= 0.6 is 11.6 Å². The Kier molecular flexibility index (Phi) is 5.71. The third-order valence-electron chi connectivity index (χ3n) is 4.83. The van der Waals surface area contributed by atoms with E-state index in [0.29, 0.717) is 21.9 Å². The highest BCUT2D eigenvalue weighted by molar-refractivity contribution is 6.31. The number of rotatable bonds is 4. The molecule has 0 aliphatic heterocycles. The summed E-state index contributed by atoms with van der Waals surface area (Å²) in [6, 6.07) is 12.1. The van der Waals surface area contributed by atoms with Crippen molar-refractivity contribution in [2.45, 2.75) is 39.2 Å². The smallest absolute Gasteiger partial charge is 0.251 e. The predicted molar refractivity (Wildman–Crippen MR) is 116 cm³/mol. The predicted octanol–water partition coefficient (Wildman–Crippen LogP) is 5.39. The molecule has 1 amide bonds. The summed E-state index contributed by atoms with van der Waals surface area (Å²) >= 11 is 6.24. The number of benzene rings is 2. The van der Waals surface area contributed by atoms with Gasteiger partial charge in [-0.1, -0.05) is 38.4 Å². The number of nitrogens with zero attached hydrogens (tertiary/aromatic N) is 1. The van der Waals surface area contributed by atoms with Gasteiger partial charge >= 0.3 is 0 Å². The van der Waals surface area contributed by atoms with Gasteiger partial charge in [-0.3, -0.25) is 9.78 Å². The van der Waals surface area contributed by atoms with Gasteiger partial charge in [0.05, 0.1) is 18.7 Å². The van der Waals surface area contributed by atoms with Gasteiger partial charge in [0.25, 0.3) is 5.91 Å². The van der Waals surface area contributed by atoms with E-state index < -0.39 is 0 Å². The molecule has 0 saturated carbocycles. The van der Waals surface area contributed by atoms with Crippen molar-refractivity contribution < 1.29 is 14.6 Å². The molecule has 0 spiro atoms. The first kappa shape index (κ1) is 20.9. The lowest BCUT2D eigenvalue weighted by Gasteiger charge is -2.19. The standard InChI is InChI=1S/C23H25ClN2O3/c1-13(16-11-20(29-5)19(27)12-17(16)24)25-22(28)15-6-8-18-14(10-15)7-9-21(26-18)23(2,3)4/h6-13,27H,1-5H3,(H,25,28)/t13-/m1/s1. The van der Waals surface area contributed by atoms with Crippen molar-refractivity contribution >= 4 is 28.4 Å². The number of aromatic hydroxyl groups is 1. The van der Waals surface area contributed by atoms with Gasteiger partial charge in [-0.25, -0.2) is 0 Å². The second-order valence-electron chi connectivity index (χ2n) is 8.09. The Morgan fingerprint density at radius 3 is 2.55 bits per heavy atom. The van der Waals surface area contributed by atoms with Gasteiger partial charge in [0, 0.05) is 33.1 Å². The van der Waals surface area contributed by atoms with Crippen LogP contribution in [0.15, 0.2) is 42.5 Å². The van der Waals surface area contributed by atoms with E-state index in [1.807, 2.05) is 31.2 Å². The van der Waals surface area contributed by atoms with Crippen molar-refractivity contribution in [3.63, 3.8) is 0 Å². The summed E-state index contributed by atoms with van der Waals surface area (Å²) in [5.74, 6) is 0.0377. The summed E-state index contributed by atoms with van der Waals surface area (Å²) in [4.78, 5) is 17.5. The number of halogens is 1. The van der Waals surface area contributed by atoms with Crippen LogP contribution in [0.3, 0.4) is 0 Å². The van der Waals surface area contributed by atoms with E-state index in [9.17, 15) is 9.90 Å². The minimum absolute atomic E-state index is 0.0376. The molecular formula is C23H25ClN2O3. The number of pyridine rings is 1. The highest BCUT2D eigenvalue weighted by Gasteiger charge is 2.18. The second kappa shape index (κ2) is 7.91. The van der Waals surface area contributed by atoms with Gasteiger partial charge in [-0.15, -0.1) is 0 Å². The van der Waals surface area contributed by atoms with Gasteiger partial charge < -0.3 is 15.2 Å². The van der Waals surface area contributed by atoms with Crippen LogP contribution in [0, 0.1) is 0 Å². The van der Waals surface area contributed by atoms with Crippen molar-refractivity contribution in [3.05, 3.63) is 64.3 Å². The maximum absolute atomic E-state index is 12.8. The average Bonchev–Trinajstić information content (AvgIpc) is 2.66. The molecular weight excluding hydrogens is 388 g/mol. The molecule has 3 rings (SSSR count). The van der Waals surface area contributed by atoms with Crippen LogP contribution in [0.5, 0.6) is 11.5 Å². The number of nitrogens with one attached hydrogen (secondary N) is 1. The van der Waals surface area contributed by atoms with Crippen LogP contribution in [0.25, 0.3) is 10.9 Å². The highest BCUT2D eigenvalue weighted by Crippen LogP contribution is 2.35. The fraction of sp³-hybridized carbons (Fsp3) is 0.304. The van der Waals surface area contributed by atoms with Crippen molar-refractivity contribution in [1.29, 1.82) is 0 Å². The molecule has 152 valence electrons. The second-order valence-corrected chi connectivity index (χ2v) is 8.50. The van der Waals surface area contributed by atoms with E-state index in [1.165, 1.54) is 13.2 Å². The molecule has 1 heterocycles. The van der Waals surface area contributed by atoms with Crippen molar-refractivity contribution in [2.24, 2.45) is 0 Å². The number of hydrogen-bond donors (Lipinski definition) is 2. The Balaban J connectivity index is 1.84. The fourth-order valence-corrected chi connectivity index (χ4v) is 3.42. The summed E-state index contributed by atoms with van der Waals surface area (Å²) in [6.07, 6.45) is 0. The minimum Gasteiger partial charge on any atom is -0.504 e. The van der Waals surface area contributed by atoms with Gasteiger partial charge in [0.15, 0.2) is 11.5 Å². The van der Waals surface area contributed by atoms with Crippen molar-refractivity contribution in [3.8, 4) is 11.5 Å². The van der Waals surface area contributed by atoms with Gasteiger partial charge in [-0.05, 0) is 42.8 Å². The quantitative estimate of drug-likeness (QED) is 0.602. The Bertz CT molecular complexity index is 1070. The van der Waals surface area contributed by atoms with Gasteiger partial charge in [0.2, 0.25) is 0 Å². The molecule has 6 heteroatoms. The molecule has 0 saturated heterocycles. The van der Waals surface area contributed by atoms with Crippen LogP contribution in [0.1, 0.15) is 55.4 Å². The Morgan fingerprint density at radius 1 is 1.17 bits per heavy atom. The summed E-state index contributed by atoms with van der Waals surface area (Å²) in [5.41, 5.74) is 3.02. The summed E-state index contributed by atoms with van der Waals surface area (Å²) < 4.78 is 5.13. The van der Waals surface area contributed by atoms with E-state index in [-0.39, 0.29) is 23.1 Å². The number of methoxy groups -OCH3 is 1. The highest BCUT2D eigenvalue weighted by atomic mass is 35.5.